The molecule has 48 valence electrons. The van der Waals surface area contributed by atoms with E-state index in [1.54, 1.807) is 6.07 Å². The van der Waals surface area contributed by atoms with Crippen molar-refractivity contribution < 1.29 is 5.11 Å². The lowest BCUT2D eigenvalue weighted by Crippen LogP contribution is -1.74. The monoisotopic (exact) mass is 207 g/mol. The smallest absolute Gasteiger partial charge is 0.213 e. The predicted octanol–water partition coefficient (Wildman–Crippen LogP) is 2.20. The van der Waals surface area contributed by atoms with Crippen LogP contribution in [0.4, 0.5) is 0 Å². The highest BCUT2D eigenvalue weighted by Gasteiger charge is 1.94. The lowest BCUT2D eigenvalue weighted by molar-refractivity contribution is 0.453. The predicted molar refractivity (Wildman–Crippen MR) is 38.6 cm³/mol. The number of hydrogen-bond donors (Lipinski definition) is 1. The normalized spacial score (nSPS) is 9.56. The Morgan fingerprint density at radius 2 is 2.22 bits per heavy atom. The first-order chi connectivity index (χ1) is 4.18. The van der Waals surface area contributed by atoms with Gasteiger partial charge in [0.05, 0.1) is 0 Å². The maximum absolute atomic E-state index is 8.77. The average Bonchev–Trinajstić information content (AvgIpc) is 1.59. The summed E-state index contributed by atoms with van der Waals surface area (Å²) in [5.41, 5.74) is 0. The lowest BCUT2D eigenvalue weighted by atomic mass is 10.5. The Balaban J connectivity index is 3.17. The van der Waals surface area contributed by atoms with E-state index in [0.29, 0.717) is 0 Å². The van der Waals surface area contributed by atoms with Crippen LogP contribution in [0.15, 0.2) is 16.6 Å². The van der Waals surface area contributed by atoms with Crippen molar-refractivity contribution in [2.75, 3.05) is 0 Å². The highest BCUT2D eigenvalue weighted by atomic mass is 79.9. The van der Waals surface area contributed by atoms with E-state index in [4.69, 9.17) is 16.7 Å². The summed E-state index contributed by atoms with van der Waals surface area (Å²) in [6.45, 7) is 0. The maximum atomic E-state index is 8.77. The fourth-order valence-corrected chi connectivity index (χ4v) is 1.21. The van der Waals surface area contributed by atoms with Crippen molar-refractivity contribution in [1.82, 2.24) is 4.98 Å². The molecule has 0 atom stereocenters. The molecule has 0 aromatic carbocycles. The third-order valence-corrected chi connectivity index (χ3v) is 1.40. The molecule has 0 fully saturated rings. The second-order valence-corrected chi connectivity index (χ2v) is 2.77. The van der Waals surface area contributed by atoms with Crippen LogP contribution in [0.3, 0.4) is 0 Å². The van der Waals surface area contributed by atoms with Crippen molar-refractivity contribution in [3.63, 3.8) is 0 Å². The summed E-state index contributed by atoms with van der Waals surface area (Å²) in [6.07, 6.45) is 0. The van der Waals surface area contributed by atoms with Crippen LogP contribution in [0.25, 0.3) is 0 Å². The van der Waals surface area contributed by atoms with Gasteiger partial charge in [0.1, 0.15) is 5.15 Å². The molecule has 0 unspecified atom stereocenters. The first-order valence-corrected chi connectivity index (χ1v) is 3.37. The molecule has 0 aliphatic heterocycles. The summed E-state index contributed by atoms with van der Waals surface area (Å²) in [7, 11) is 0. The minimum atomic E-state index is -0.0747. The van der Waals surface area contributed by atoms with Gasteiger partial charge in [-0.1, -0.05) is 27.5 Å². The van der Waals surface area contributed by atoms with Crippen molar-refractivity contribution >= 4 is 27.5 Å². The van der Waals surface area contributed by atoms with Crippen molar-refractivity contribution in [2.45, 2.75) is 0 Å². The number of aromatic nitrogens is 1. The zero-order valence-electron chi connectivity index (χ0n) is 4.31. The van der Waals surface area contributed by atoms with Crippen molar-refractivity contribution in [1.29, 1.82) is 0 Å². The summed E-state index contributed by atoms with van der Waals surface area (Å²) in [4.78, 5) is 3.53. The van der Waals surface area contributed by atoms with Gasteiger partial charge in [-0.15, -0.1) is 0 Å². The number of aromatic hydroxyl groups is 1. The molecule has 0 spiro atoms. The van der Waals surface area contributed by atoms with E-state index in [1.165, 1.54) is 6.07 Å². The summed E-state index contributed by atoms with van der Waals surface area (Å²) >= 11 is 8.58. The SMILES string of the molecule is Oc1cc(Br)cc(Cl)n1. The lowest BCUT2D eigenvalue weighted by Gasteiger charge is -1.91. The summed E-state index contributed by atoms with van der Waals surface area (Å²) in [5.74, 6) is -0.0747. The van der Waals surface area contributed by atoms with Gasteiger partial charge in [-0.2, -0.15) is 0 Å². The molecule has 0 aliphatic rings. The Morgan fingerprint density at radius 1 is 1.56 bits per heavy atom. The number of rotatable bonds is 0. The second-order valence-electron chi connectivity index (χ2n) is 1.47. The van der Waals surface area contributed by atoms with Crippen LogP contribution in [-0.4, -0.2) is 10.1 Å². The van der Waals surface area contributed by atoms with Gasteiger partial charge in [0.25, 0.3) is 0 Å². The Kier molecular flexibility index (Phi) is 1.93. The number of nitrogens with zero attached hydrogens (tertiary/aromatic N) is 1. The second kappa shape index (κ2) is 2.54. The van der Waals surface area contributed by atoms with Crippen LogP contribution in [0, 0.1) is 0 Å². The molecular formula is C5H3BrClNO. The number of halogens is 2. The molecule has 0 amide bonds. The minimum absolute atomic E-state index is 0.0747. The molecule has 1 aromatic rings. The van der Waals surface area contributed by atoms with E-state index >= 15 is 0 Å². The highest BCUT2D eigenvalue weighted by Crippen LogP contribution is 2.18. The van der Waals surface area contributed by atoms with Gasteiger partial charge in [0.15, 0.2) is 0 Å². The summed E-state index contributed by atoms with van der Waals surface area (Å²) in [5, 5.41) is 9.05. The fourth-order valence-electron chi connectivity index (χ4n) is 0.453. The average molecular weight is 208 g/mol. The maximum Gasteiger partial charge on any atom is 0.213 e. The molecule has 1 N–H and O–H groups in total. The van der Waals surface area contributed by atoms with Crippen LogP contribution in [-0.2, 0) is 0 Å². The minimum Gasteiger partial charge on any atom is -0.493 e. The quantitative estimate of drug-likeness (QED) is 0.663. The molecular weight excluding hydrogens is 205 g/mol. The summed E-state index contributed by atoms with van der Waals surface area (Å²) < 4.78 is 0.722. The Bertz CT molecular complexity index is 178. The molecule has 9 heavy (non-hydrogen) atoms. The van der Waals surface area contributed by atoms with Crippen molar-refractivity contribution in [2.24, 2.45) is 0 Å². The van der Waals surface area contributed by atoms with Gasteiger partial charge in [0, 0.05) is 10.5 Å². The zero-order valence-corrected chi connectivity index (χ0v) is 6.65. The number of pyridine rings is 1. The summed E-state index contributed by atoms with van der Waals surface area (Å²) in [6, 6.07) is 3.06. The Hall–Kier alpha value is -0.280. The third kappa shape index (κ3) is 1.84. The first-order valence-electron chi connectivity index (χ1n) is 2.20. The Labute approximate surface area is 65.6 Å². The molecule has 1 aromatic heterocycles. The molecule has 0 radical (unpaired) electrons. The van der Waals surface area contributed by atoms with Gasteiger partial charge < -0.3 is 5.11 Å². The van der Waals surface area contributed by atoms with E-state index in [2.05, 4.69) is 20.9 Å². The van der Waals surface area contributed by atoms with Crippen LogP contribution < -0.4 is 0 Å². The highest BCUT2D eigenvalue weighted by molar-refractivity contribution is 9.10. The molecule has 0 saturated carbocycles. The molecule has 4 heteroatoms. The van der Waals surface area contributed by atoms with E-state index in [1.807, 2.05) is 0 Å². The van der Waals surface area contributed by atoms with Crippen LogP contribution in [0.5, 0.6) is 5.88 Å². The molecule has 1 rings (SSSR count). The van der Waals surface area contributed by atoms with Crippen LogP contribution in [0.1, 0.15) is 0 Å². The fraction of sp³-hybridized carbons (Fsp3) is 0. The zero-order chi connectivity index (χ0) is 6.85. The van der Waals surface area contributed by atoms with Gasteiger partial charge in [0.2, 0.25) is 5.88 Å². The Morgan fingerprint density at radius 3 is 2.67 bits per heavy atom. The van der Waals surface area contributed by atoms with Gasteiger partial charge in [-0.3, -0.25) is 0 Å². The van der Waals surface area contributed by atoms with E-state index in [0.717, 1.165) is 4.47 Å². The molecule has 1 heterocycles. The molecule has 0 bridgehead atoms. The number of hydrogen-bond acceptors (Lipinski definition) is 2. The van der Waals surface area contributed by atoms with E-state index in [9.17, 15) is 0 Å². The largest absolute Gasteiger partial charge is 0.493 e. The molecule has 0 aliphatic carbocycles. The van der Waals surface area contributed by atoms with Gasteiger partial charge >= 0.3 is 0 Å². The van der Waals surface area contributed by atoms with E-state index in [-0.39, 0.29) is 11.0 Å². The van der Waals surface area contributed by atoms with E-state index < -0.39 is 0 Å². The van der Waals surface area contributed by atoms with Crippen LogP contribution >= 0.6 is 27.5 Å². The van der Waals surface area contributed by atoms with Crippen LogP contribution in [0.2, 0.25) is 5.15 Å². The molecule has 2 nitrogen and oxygen atoms in total. The van der Waals surface area contributed by atoms with Crippen molar-refractivity contribution in [3.8, 4) is 5.88 Å². The standard InChI is InChI=1S/C5H3BrClNO/c6-3-1-4(7)8-5(9)2-3/h1-2H,(H,8,9). The topological polar surface area (TPSA) is 33.1 Å². The van der Waals surface area contributed by atoms with Crippen molar-refractivity contribution in [3.05, 3.63) is 21.8 Å². The van der Waals surface area contributed by atoms with Gasteiger partial charge in [-0.05, 0) is 6.07 Å². The molecule has 0 saturated heterocycles. The third-order valence-electron chi connectivity index (χ3n) is 0.745. The van der Waals surface area contributed by atoms with Gasteiger partial charge in [-0.25, -0.2) is 4.98 Å². The first kappa shape index (κ1) is 6.83.